The summed E-state index contributed by atoms with van der Waals surface area (Å²) in [7, 11) is -2.62. The Morgan fingerprint density at radius 1 is 1.00 bits per heavy atom. The number of nitrogens with two attached hydrogens (primary N) is 1. The molecule has 1 aromatic carbocycles. The molecule has 3 aromatic rings. The molecule has 0 unspecified atom stereocenters. The number of anilines is 4. The van der Waals surface area contributed by atoms with E-state index in [1.54, 1.807) is 17.3 Å². The number of nitrogens with one attached hydrogen (secondary N) is 4. The van der Waals surface area contributed by atoms with Crippen molar-refractivity contribution in [1.82, 2.24) is 20.6 Å². The van der Waals surface area contributed by atoms with Crippen LogP contribution in [0.3, 0.4) is 0 Å². The molecule has 55 heavy (non-hydrogen) atoms. The predicted octanol–water partition coefficient (Wildman–Crippen LogP) is 5.32. The monoisotopic (exact) mass is 826 g/mol. The van der Waals surface area contributed by atoms with Crippen LogP contribution in [0.1, 0.15) is 64.2 Å². The number of amides is 2. The van der Waals surface area contributed by atoms with Gasteiger partial charge in [-0.2, -0.15) is 4.39 Å². The molecular weight excluding hydrogens is 778 g/mol. The maximum atomic E-state index is 15.1. The Morgan fingerprint density at radius 2 is 1.71 bits per heavy atom. The summed E-state index contributed by atoms with van der Waals surface area (Å²) in [6, 6.07) is 3.11. The molecule has 0 atom stereocenters. The Balaban J connectivity index is 1.02. The van der Waals surface area contributed by atoms with E-state index in [2.05, 4.69) is 30.6 Å². The summed E-state index contributed by atoms with van der Waals surface area (Å²) in [6.45, 7) is 2.23. The van der Waals surface area contributed by atoms with Crippen LogP contribution in [-0.4, -0.2) is 88.3 Å². The number of carbonyl (C=O) groups is 2. The standard InChI is InChI=1S/C36H49ClF2N8O6S2/c1-47(31-21-33(39)43-22-30(31)45-29-20-28(38)32(19-27(29)37)55(50,51)46-36-42-14-18-54-36)15-13-41-35(49)23-4-6-24(7-5-23)44-34(48)3-2-16-52-25-8-10-26(11-9-25)53-17-12-40/h14,18-26,45H,2-13,15-17,40H2,1H3,(H,41,49)(H,42,46)(H,44,48). The molecule has 0 aliphatic heterocycles. The number of sulfonamides is 1. The number of aromatic nitrogens is 2. The van der Waals surface area contributed by atoms with Crippen LogP contribution in [-0.2, 0) is 29.1 Å². The van der Waals surface area contributed by atoms with Crippen LogP contribution in [0.25, 0.3) is 0 Å². The van der Waals surface area contributed by atoms with Crippen LogP contribution < -0.4 is 31.3 Å². The summed E-state index contributed by atoms with van der Waals surface area (Å²) < 4.78 is 68.8. The highest BCUT2D eigenvalue weighted by Gasteiger charge is 2.28. The second-order valence-corrected chi connectivity index (χ2v) is 16.7. The number of hydrogen-bond acceptors (Lipinski definition) is 12. The van der Waals surface area contributed by atoms with E-state index in [0.29, 0.717) is 70.5 Å². The third-order valence-electron chi connectivity index (χ3n) is 9.70. The van der Waals surface area contributed by atoms with Crippen molar-refractivity contribution in [2.24, 2.45) is 11.7 Å². The summed E-state index contributed by atoms with van der Waals surface area (Å²) in [5.41, 5.74) is 6.16. The first-order chi connectivity index (χ1) is 26.4. The Labute approximate surface area is 329 Å². The van der Waals surface area contributed by atoms with Gasteiger partial charge in [-0.25, -0.2) is 22.8 Å². The number of thiazole rings is 1. The molecule has 2 aromatic heterocycles. The molecule has 2 heterocycles. The molecule has 2 aliphatic carbocycles. The molecule has 2 fully saturated rings. The van der Waals surface area contributed by atoms with Gasteiger partial charge in [-0.1, -0.05) is 11.6 Å². The lowest BCUT2D eigenvalue weighted by molar-refractivity contribution is -0.126. The molecule has 0 bridgehead atoms. The van der Waals surface area contributed by atoms with Crippen LogP contribution >= 0.6 is 22.9 Å². The van der Waals surface area contributed by atoms with Gasteiger partial charge in [0.15, 0.2) is 5.13 Å². The largest absolute Gasteiger partial charge is 0.378 e. The van der Waals surface area contributed by atoms with E-state index in [1.165, 1.54) is 18.5 Å². The molecule has 2 saturated carbocycles. The maximum absolute atomic E-state index is 15.1. The van der Waals surface area contributed by atoms with E-state index in [9.17, 15) is 22.4 Å². The van der Waals surface area contributed by atoms with Crippen molar-refractivity contribution < 1.29 is 36.3 Å². The Morgan fingerprint density at radius 3 is 2.38 bits per heavy atom. The van der Waals surface area contributed by atoms with Crippen LogP contribution in [0, 0.1) is 17.7 Å². The number of ether oxygens (including phenoxy) is 2. The van der Waals surface area contributed by atoms with Crippen molar-refractivity contribution in [1.29, 1.82) is 0 Å². The summed E-state index contributed by atoms with van der Waals surface area (Å²) in [5, 5.41) is 10.5. The fraction of sp³-hybridized carbons (Fsp3) is 0.556. The average molecular weight is 827 g/mol. The highest BCUT2D eigenvalue weighted by molar-refractivity contribution is 7.93. The molecule has 2 aliphatic rings. The summed E-state index contributed by atoms with van der Waals surface area (Å²) in [4.78, 5) is 34.1. The van der Waals surface area contributed by atoms with E-state index >= 15 is 4.39 Å². The SMILES string of the molecule is CN(CCNC(=O)C1CCC(NC(=O)CCCOC2CCC(OCCN)CC2)CC1)c1cc(F)ncc1Nc1cc(F)c(S(=O)(=O)Nc2nccs2)cc1Cl. The van der Waals surface area contributed by atoms with E-state index in [0.717, 1.165) is 49.2 Å². The molecule has 0 saturated heterocycles. The Kier molecular flexibility index (Phi) is 15.8. The predicted molar refractivity (Wildman–Crippen MR) is 208 cm³/mol. The van der Waals surface area contributed by atoms with Crippen molar-refractivity contribution in [2.45, 2.75) is 87.4 Å². The van der Waals surface area contributed by atoms with Gasteiger partial charge in [-0.15, -0.1) is 11.3 Å². The quantitative estimate of drug-likeness (QED) is 0.0777. The van der Waals surface area contributed by atoms with E-state index in [4.69, 9.17) is 26.8 Å². The van der Waals surface area contributed by atoms with Gasteiger partial charge in [0.05, 0.1) is 47.1 Å². The van der Waals surface area contributed by atoms with Crippen molar-refractivity contribution >= 4 is 67.0 Å². The molecule has 302 valence electrons. The highest BCUT2D eigenvalue weighted by atomic mass is 35.5. The van der Waals surface area contributed by atoms with Crippen molar-refractivity contribution in [3.8, 4) is 0 Å². The molecule has 14 nitrogen and oxygen atoms in total. The molecule has 19 heteroatoms. The molecule has 2 amide bonds. The molecular formula is C36H49ClF2N8O6S2. The van der Waals surface area contributed by atoms with Crippen LogP contribution in [0.4, 0.5) is 31.0 Å². The summed E-state index contributed by atoms with van der Waals surface area (Å²) >= 11 is 7.40. The highest BCUT2D eigenvalue weighted by Crippen LogP contribution is 2.35. The number of nitrogens with zero attached hydrogens (tertiary/aromatic N) is 3. The number of benzene rings is 1. The lowest BCUT2D eigenvalue weighted by atomic mass is 9.85. The minimum Gasteiger partial charge on any atom is -0.378 e. The third kappa shape index (κ3) is 12.7. The van der Waals surface area contributed by atoms with Gasteiger partial charge in [-0.3, -0.25) is 14.3 Å². The van der Waals surface area contributed by atoms with E-state index in [1.807, 2.05) is 0 Å². The summed E-state index contributed by atoms with van der Waals surface area (Å²) in [5.74, 6) is -2.10. The van der Waals surface area contributed by atoms with Gasteiger partial charge >= 0.3 is 0 Å². The number of halogens is 3. The molecule has 5 rings (SSSR count). The van der Waals surface area contributed by atoms with Gasteiger partial charge in [0.1, 0.15) is 10.7 Å². The topological polar surface area (TPSA) is 190 Å². The number of likely N-dealkylation sites (N-methyl/N-ethyl adjacent to an activating group) is 1. The first kappa shape index (κ1) is 42.5. The minimum absolute atomic E-state index is 0.00268. The lowest BCUT2D eigenvalue weighted by Gasteiger charge is -2.29. The molecule has 0 spiro atoms. The molecule has 6 N–H and O–H groups in total. The zero-order valence-electron chi connectivity index (χ0n) is 30.7. The van der Waals surface area contributed by atoms with Crippen LogP contribution in [0.2, 0.25) is 5.02 Å². The Bertz CT molecular complexity index is 1830. The zero-order chi connectivity index (χ0) is 39.4. The molecule has 0 radical (unpaired) electrons. The van der Waals surface area contributed by atoms with Crippen molar-refractivity contribution in [3.63, 3.8) is 0 Å². The third-order valence-corrected chi connectivity index (χ3v) is 12.2. The normalized spacial score (nSPS) is 20.1. The van der Waals surface area contributed by atoms with Gasteiger partial charge in [0.25, 0.3) is 10.0 Å². The van der Waals surface area contributed by atoms with Crippen molar-refractivity contribution in [2.75, 3.05) is 54.8 Å². The smallest absolute Gasteiger partial charge is 0.266 e. The average Bonchev–Trinajstić information content (AvgIpc) is 3.67. The van der Waals surface area contributed by atoms with E-state index in [-0.39, 0.29) is 64.1 Å². The Hall–Kier alpha value is -3.68. The number of pyridine rings is 1. The van der Waals surface area contributed by atoms with Gasteiger partial charge < -0.3 is 36.1 Å². The fourth-order valence-corrected chi connectivity index (χ4v) is 8.90. The van der Waals surface area contributed by atoms with E-state index < -0.39 is 26.7 Å². The van der Waals surface area contributed by atoms with Gasteiger partial charge in [-0.05, 0) is 63.9 Å². The second-order valence-electron chi connectivity index (χ2n) is 13.7. The van der Waals surface area contributed by atoms with Gasteiger partial charge in [0.2, 0.25) is 17.8 Å². The fourth-order valence-electron chi connectivity index (χ4n) is 6.75. The summed E-state index contributed by atoms with van der Waals surface area (Å²) in [6.07, 6.45) is 10.7. The zero-order valence-corrected chi connectivity index (χ0v) is 33.1. The van der Waals surface area contributed by atoms with Crippen LogP contribution in [0.5, 0.6) is 0 Å². The van der Waals surface area contributed by atoms with Gasteiger partial charge in [0, 0.05) is 75.4 Å². The lowest BCUT2D eigenvalue weighted by Crippen LogP contribution is -2.42. The minimum atomic E-state index is -4.32. The number of rotatable bonds is 19. The first-order valence-electron chi connectivity index (χ1n) is 18.5. The maximum Gasteiger partial charge on any atom is 0.266 e. The second kappa shape index (κ2) is 20.5. The first-order valence-corrected chi connectivity index (χ1v) is 21.2. The number of hydrogen-bond donors (Lipinski definition) is 5. The van der Waals surface area contributed by atoms with Crippen molar-refractivity contribution in [3.05, 3.63) is 52.8 Å². The van der Waals surface area contributed by atoms with Crippen LogP contribution in [0.15, 0.2) is 40.9 Å². The number of carbonyl (C=O) groups excluding carboxylic acids is 2.